The molecule has 1 atom stereocenters. The maximum Gasteiger partial charge on any atom is 0.242 e. The molecule has 0 fully saturated rings. The number of amides is 2. The first-order chi connectivity index (χ1) is 16.0. The van der Waals surface area contributed by atoms with Crippen LogP contribution in [0.15, 0.2) is 83.3 Å². The van der Waals surface area contributed by atoms with Gasteiger partial charge in [0.2, 0.25) is 11.8 Å². The molecule has 0 saturated heterocycles. The zero-order valence-electron chi connectivity index (χ0n) is 19.0. The number of hydrogen-bond acceptors (Lipinski definition) is 3. The molecule has 1 unspecified atom stereocenters. The molecule has 0 aromatic heterocycles. The minimum atomic E-state index is -0.585. The van der Waals surface area contributed by atoms with Crippen LogP contribution in [0.2, 0.25) is 0 Å². The molecule has 172 valence electrons. The predicted octanol–water partition coefficient (Wildman–Crippen LogP) is 5.38. The van der Waals surface area contributed by atoms with Crippen molar-refractivity contribution in [2.45, 2.75) is 31.7 Å². The van der Waals surface area contributed by atoms with E-state index < -0.39 is 6.04 Å². The number of likely N-dealkylation sites (N-methyl/N-ethyl adjacent to an activating group) is 1. The number of carbonyl (C=O) groups is 2. The van der Waals surface area contributed by atoms with Crippen LogP contribution in [-0.2, 0) is 28.3 Å². The van der Waals surface area contributed by atoms with Gasteiger partial charge in [-0.15, -0.1) is 11.8 Å². The van der Waals surface area contributed by atoms with Crippen LogP contribution in [0, 0.1) is 6.92 Å². The van der Waals surface area contributed by atoms with Crippen molar-refractivity contribution in [3.8, 4) is 0 Å². The molecule has 0 aliphatic carbocycles. The van der Waals surface area contributed by atoms with Crippen molar-refractivity contribution in [1.82, 2.24) is 10.2 Å². The molecule has 0 saturated carbocycles. The molecular weight excluding hydrogens is 496 g/mol. The predicted molar refractivity (Wildman–Crippen MR) is 140 cm³/mol. The van der Waals surface area contributed by atoms with Crippen molar-refractivity contribution in [3.63, 3.8) is 0 Å². The first-order valence-electron chi connectivity index (χ1n) is 10.9. The monoisotopic (exact) mass is 524 g/mol. The van der Waals surface area contributed by atoms with Crippen LogP contribution in [0.4, 0.5) is 0 Å². The van der Waals surface area contributed by atoms with Crippen molar-refractivity contribution < 1.29 is 9.59 Å². The van der Waals surface area contributed by atoms with Gasteiger partial charge in [-0.05, 0) is 41.3 Å². The second-order valence-corrected chi connectivity index (χ2v) is 9.79. The molecule has 0 bridgehead atoms. The van der Waals surface area contributed by atoms with E-state index >= 15 is 0 Å². The molecule has 0 aliphatic heterocycles. The number of nitrogens with zero attached hydrogens (tertiary/aromatic N) is 1. The van der Waals surface area contributed by atoms with E-state index in [0.29, 0.717) is 18.7 Å². The number of nitrogens with one attached hydrogen (secondary N) is 1. The summed E-state index contributed by atoms with van der Waals surface area (Å²) in [4.78, 5) is 28.2. The second-order valence-electron chi connectivity index (χ2n) is 7.89. The summed E-state index contributed by atoms with van der Waals surface area (Å²) in [5.41, 5.74) is 4.34. The molecule has 0 aliphatic rings. The number of hydrogen-bond donors (Lipinski definition) is 1. The summed E-state index contributed by atoms with van der Waals surface area (Å²) >= 11 is 5.02. The fourth-order valence-corrected chi connectivity index (χ4v) is 4.75. The van der Waals surface area contributed by atoms with Gasteiger partial charge in [0.05, 0.1) is 5.75 Å². The van der Waals surface area contributed by atoms with Gasteiger partial charge in [-0.1, -0.05) is 82.7 Å². The molecular formula is C27H29BrN2O2S. The summed E-state index contributed by atoms with van der Waals surface area (Å²) < 4.78 is 1.03. The number of halogens is 1. The zero-order chi connectivity index (χ0) is 23.6. The Morgan fingerprint density at radius 1 is 0.939 bits per heavy atom. The number of carbonyl (C=O) groups excluding carboxylic acids is 2. The quantitative estimate of drug-likeness (QED) is 0.387. The molecule has 0 radical (unpaired) electrons. The standard InChI is InChI=1S/C27H29BrN2O2S/c1-20-8-6-7-11-23(20)17-30(25(27(32)29-2)16-21-9-4-3-5-10-21)26(31)19-33-18-22-12-14-24(28)15-13-22/h3-15,25H,16-19H2,1-2H3,(H,29,32). The summed E-state index contributed by atoms with van der Waals surface area (Å²) in [6.07, 6.45) is 0.468. The Kier molecular flexibility index (Phi) is 9.58. The van der Waals surface area contributed by atoms with Crippen molar-refractivity contribution in [3.05, 3.63) is 106 Å². The number of benzene rings is 3. The van der Waals surface area contributed by atoms with Crippen LogP contribution in [0.5, 0.6) is 0 Å². The van der Waals surface area contributed by atoms with E-state index in [1.807, 2.05) is 73.7 Å². The van der Waals surface area contributed by atoms with Gasteiger partial charge in [0.25, 0.3) is 0 Å². The highest BCUT2D eigenvalue weighted by molar-refractivity contribution is 9.10. The van der Waals surface area contributed by atoms with Crippen LogP contribution >= 0.6 is 27.7 Å². The minimum absolute atomic E-state index is 0.0371. The molecule has 6 heteroatoms. The van der Waals surface area contributed by atoms with Crippen LogP contribution in [-0.4, -0.2) is 35.6 Å². The third-order valence-electron chi connectivity index (χ3n) is 5.53. The third kappa shape index (κ3) is 7.47. The van der Waals surface area contributed by atoms with Crippen molar-refractivity contribution in [2.75, 3.05) is 12.8 Å². The molecule has 0 heterocycles. The summed E-state index contributed by atoms with van der Waals surface area (Å²) in [7, 11) is 1.62. The first-order valence-corrected chi connectivity index (χ1v) is 12.8. The lowest BCUT2D eigenvalue weighted by Crippen LogP contribution is -2.50. The third-order valence-corrected chi connectivity index (χ3v) is 7.04. The SMILES string of the molecule is CNC(=O)C(Cc1ccccc1)N(Cc1ccccc1C)C(=O)CSCc1ccc(Br)cc1. The fourth-order valence-electron chi connectivity index (χ4n) is 3.61. The summed E-state index contributed by atoms with van der Waals surface area (Å²) in [6.45, 7) is 2.43. The minimum Gasteiger partial charge on any atom is -0.357 e. The Morgan fingerprint density at radius 3 is 2.27 bits per heavy atom. The molecule has 2 amide bonds. The lowest BCUT2D eigenvalue weighted by molar-refractivity contribution is -0.139. The average Bonchev–Trinajstić information content (AvgIpc) is 2.83. The molecule has 33 heavy (non-hydrogen) atoms. The topological polar surface area (TPSA) is 49.4 Å². The second kappa shape index (κ2) is 12.6. The maximum atomic E-state index is 13.5. The summed E-state index contributed by atoms with van der Waals surface area (Å²) in [5, 5.41) is 2.76. The highest BCUT2D eigenvalue weighted by Gasteiger charge is 2.29. The van der Waals surface area contributed by atoms with Gasteiger partial charge in [-0.3, -0.25) is 9.59 Å². The van der Waals surface area contributed by atoms with E-state index in [-0.39, 0.29) is 11.8 Å². The van der Waals surface area contributed by atoms with E-state index in [9.17, 15) is 9.59 Å². The maximum absolute atomic E-state index is 13.5. The Labute approximate surface area is 208 Å². The zero-order valence-corrected chi connectivity index (χ0v) is 21.4. The van der Waals surface area contributed by atoms with Gasteiger partial charge in [0.15, 0.2) is 0 Å². The molecule has 3 aromatic rings. The van der Waals surface area contributed by atoms with Crippen molar-refractivity contribution in [2.24, 2.45) is 0 Å². The molecule has 1 N–H and O–H groups in total. The van der Waals surface area contributed by atoms with Crippen molar-refractivity contribution in [1.29, 1.82) is 0 Å². The lowest BCUT2D eigenvalue weighted by Gasteiger charge is -2.31. The van der Waals surface area contributed by atoms with Crippen LogP contribution in [0.25, 0.3) is 0 Å². The Hall–Kier alpha value is -2.57. The van der Waals surface area contributed by atoms with Crippen molar-refractivity contribution >= 4 is 39.5 Å². The van der Waals surface area contributed by atoms with E-state index in [1.165, 1.54) is 0 Å². The smallest absolute Gasteiger partial charge is 0.242 e. The number of thioether (sulfide) groups is 1. The average molecular weight is 526 g/mol. The Balaban J connectivity index is 1.81. The molecule has 0 spiro atoms. The van der Waals surface area contributed by atoms with Crippen LogP contribution < -0.4 is 5.32 Å². The normalized spacial score (nSPS) is 11.6. The van der Waals surface area contributed by atoms with Crippen LogP contribution in [0.3, 0.4) is 0 Å². The number of rotatable bonds is 10. The highest BCUT2D eigenvalue weighted by Crippen LogP contribution is 2.20. The summed E-state index contributed by atoms with van der Waals surface area (Å²) in [5.74, 6) is 0.855. The van der Waals surface area contributed by atoms with Gasteiger partial charge in [0, 0.05) is 30.2 Å². The van der Waals surface area contributed by atoms with E-state index in [2.05, 4.69) is 33.4 Å². The fraction of sp³-hybridized carbons (Fsp3) is 0.259. The molecule has 3 rings (SSSR count). The molecule has 4 nitrogen and oxygen atoms in total. The Morgan fingerprint density at radius 2 is 1.61 bits per heavy atom. The van der Waals surface area contributed by atoms with Gasteiger partial charge in [-0.2, -0.15) is 0 Å². The van der Waals surface area contributed by atoms with Gasteiger partial charge in [0.1, 0.15) is 6.04 Å². The van der Waals surface area contributed by atoms with E-state index in [4.69, 9.17) is 0 Å². The number of aryl methyl sites for hydroxylation is 1. The Bertz CT molecular complexity index is 1060. The van der Waals surface area contributed by atoms with Crippen LogP contribution in [0.1, 0.15) is 22.3 Å². The lowest BCUT2D eigenvalue weighted by atomic mass is 10.0. The van der Waals surface area contributed by atoms with Gasteiger partial charge >= 0.3 is 0 Å². The highest BCUT2D eigenvalue weighted by atomic mass is 79.9. The van der Waals surface area contributed by atoms with E-state index in [0.717, 1.165) is 32.5 Å². The van der Waals surface area contributed by atoms with E-state index in [1.54, 1.807) is 23.7 Å². The van der Waals surface area contributed by atoms with Gasteiger partial charge in [-0.25, -0.2) is 0 Å². The first kappa shape index (κ1) is 25.1. The summed E-state index contributed by atoms with van der Waals surface area (Å²) in [6, 6.07) is 25.4. The molecule has 3 aromatic carbocycles. The van der Waals surface area contributed by atoms with Gasteiger partial charge < -0.3 is 10.2 Å². The largest absolute Gasteiger partial charge is 0.357 e.